The van der Waals surface area contributed by atoms with Crippen LogP contribution in [-0.4, -0.2) is 14.7 Å². The number of phenolic OH excluding ortho intramolecular Hbond substituents is 1. The Morgan fingerprint density at radius 3 is 2.36 bits per heavy atom. The minimum atomic E-state index is -0.211. The zero-order valence-corrected chi connectivity index (χ0v) is 13.8. The molecular weight excluding hydrogens is 336 g/mol. The second-order valence-electron chi connectivity index (χ2n) is 5.62. The van der Waals surface area contributed by atoms with E-state index in [1.165, 1.54) is 4.57 Å². The third kappa shape index (κ3) is 2.77. The summed E-state index contributed by atoms with van der Waals surface area (Å²) in [5.41, 5.74) is 1.82. The van der Waals surface area contributed by atoms with Crippen LogP contribution in [0, 0.1) is 0 Å². The van der Waals surface area contributed by atoms with Crippen molar-refractivity contribution in [2.75, 3.05) is 0 Å². The zero-order valence-electron chi connectivity index (χ0n) is 13.1. The van der Waals surface area contributed by atoms with Gasteiger partial charge in [-0.05, 0) is 42.5 Å². The number of benzene rings is 3. The lowest BCUT2D eigenvalue weighted by atomic mass is 10.1. The molecule has 0 atom stereocenters. The van der Waals surface area contributed by atoms with Crippen LogP contribution in [0.3, 0.4) is 0 Å². The van der Waals surface area contributed by atoms with Crippen molar-refractivity contribution in [1.29, 1.82) is 0 Å². The number of fused-ring (bicyclic) bond motifs is 1. The van der Waals surface area contributed by atoms with Gasteiger partial charge in [0.05, 0.1) is 16.6 Å². The summed E-state index contributed by atoms with van der Waals surface area (Å²) in [4.78, 5) is 17.9. The Morgan fingerprint density at radius 2 is 1.64 bits per heavy atom. The number of aromatic nitrogens is 2. The van der Waals surface area contributed by atoms with Gasteiger partial charge in [-0.25, -0.2) is 4.98 Å². The molecule has 1 N–H and O–H groups in total. The number of hydrogen-bond acceptors (Lipinski definition) is 3. The summed E-state index contributed by atoms with van der Waals surface area (Å²) in [5.74, 6) is 0.668. The Labute approximate surface area is 148 Å². The van der Waals surface area contributed by atoms with Crippen molar-refractivity contribution < 1.29 is 5.11 Å². The molecule has 0 spiro atoms. The fourth-order valence-electron chi connectivity index (χ4n) is 2.78. The molecule has 1 aromatic heterocycles. The van der Waals surface area contributed by atoms with E-state index in [9.17, 15) is 9.90 Å². The van der Waals surface area contributed by atoms with E-state index in [0.29, 0.717) is 27.4 Å². The molecule has 4 aromatic rings. The van der Waals surface area contributed by atoms with Crippen LogP contribution in [0.4, 0.5) is 0 Å². The molecule has 0 unspecified atom stereocenters. The van der Waals surface area contributed by atoms with Crippen LogP contribution >= 0.6 is 11.6 Å². The standard InChI is InChI=1S/C20H13ClN2O2/c21-14-6-11-18-17(12-14)20(25)23(15-7-9-16(24)10-8-15)19(22-18)13-4-2-1-3-5-13/h1-12,24H. The van der Waals surface area contributed by atoms with Crippen LogP contribution in [0.1, 0.15) is 0 Å². The Bertz CT molecular complexity index is 1120. The molecule has 25 heavy (non-hydrogen) atoms. The largest absolute Gasteiger partial charge is 0.508 e. The molecular formula is C20H13ClN2O2. The van der Waals surface area contributed by atoms with Gasteiger partial charge in [-0.15, -0.1) is 0 Å². The minimum absolute atomic E-state index is 0.134. The summed E-state index contributed by atoms with van der Waals surface area (Å²) in [6, 6.07) is 21.0. The molecule has 0 aliphatic heterocycles. The molecule has 0 aliphatic carbocycles. The maximum atomic E-state index is 13.2. The monoisotopic (exact) mass is 348 g/mol. The van der Waals surface area contributed by atoms with Crippen molar-refractivity contribution in [3.05, 3.63) is 88.2 Å². The summed E-state index contributed by atoms with van der Waals surface area (Å²) < 4.78 is 1.54. The van der Waals surface area contributed by atoms with E-state index in [1.807, 2.05) is 30.3 Å². The van der Waals surface area contributed by atoms with Gasteiger partial charge in [-0.1, -0.05) is 41.9 Å². The molecule has 0 bridgehead atoms. The summed E-state index contributed by atoms with van der Waals surface area (Å²) in [6.07, 6.45) is 0. The topological polar surface area (TPSA) is 55.1 Å². The van der Waals surface area contributed by atoms with E-state index in [4.69, 9.17) is 11.6 Å². The first kappa shape index (κ1) is 15.4. The van der Waals surface area contributed by atoms with Crippen molar-refractivity contribution in [1.82, 2.24) is 9.55 Å². The Kier molecular flexibility index (Phi) is 3.75. The van der Waals surface area contributed by atoms with E-state index in [2.05, 4.69) is 4.98 Å². The van der Waals surface area contributed by atoms with Crippen LogP contribution in [0.15, 0.2) is 77.6 Å². The maximum absolute atomic E-state index is 13.2. The Balaban J connectivity index is 2.12. The van der Waals surface area contributed by atoms with Gasteiger partial charge in [0.25, 0.3) is 5.56 Å². The van der Waals surface area contributed by atoms with Gasteiger partial charge in [0, 0.05) is 10.6 Å². The van der Waals surface area contributed by atoms with Gasteiger partial charge in [-0.2, -0.15) is 0 Å². The van der Waals surface area contributed by atoms with Crippen LogP contribution in [-0.2, 0) is 0 Å². The van der Waals surface area contributed by atoms with Crippen molar-refractivity contribution in [3.8, 4) is 22.8 Å². The van der Waals surface area contributed by atoms with E-state index in [1.54, 1.807) is 42.5 Å². The molecule has 0 fully saturated rings. The lowest BCUT2D eigenvalue weighted by molar-refractivity contribution is 0.475. The number of halogens is 1. The lowest BCUT2D eigenvalue weighted by Gasteiger charge is -2.14. The lowest BCUT2D eigenvalue weighted by Crippen LogP contribution is -2.21. The van der Waals surface area contributed by atoms with E-state index < -0.39 is 0 Å². The fraction of sp³-hybridized carbons (Fsp3) is 0. The first-order chi connectivity index (χ1) is 12.1. The number of rotatable bonds is 2. The molecule has 0 saturated carbocycles. The van der Waals surface area contributed by atoms with E-state index in [-0.39, 0.29) is 11.3 Å². The van der Waals surface area contributed by atoms with Gasteiger partial charge >= 0.3 is 0 Å². The quantitative estimate of drug-likeness (QED) is 0.583. The summed E-state index contributed by atoms with van der Waals surface area (Å²) in [7, 11) is 0. The molecule has 3 aromatic carbocycles. The van der Waals surface area contributed by atoms with Crippen molar-refractivity contribution in [3.63, 3.8) is 0 Å². The van der Waals surface area contributed by atoms with Gasteiger partial charge in [0.2, 0.25) is 0 Å². The van der Waals surface area contributed by atoms with Gasteiger partial charge in [0.1, 0.15) is 11.6 Å². The second-order valence-corrected chi connectivity index (χ2v) is 6.06. The fourth-order valence-corrected chi connectivity index (χ4v) is 2.95. The number of hydrogen-bond donors (Lipinski definition) is 1. The summed E-state index contributed by atoms with van der Waals surface area (Å²) >= 11 is 6.06. The van der Waals surface area contributed by atoms with Crippen LogP contribution in [0.25, 0.3) is 28.0 Å². The molecule has 0 radical (unpaired) electrons. The van der Waals surface area contributed by atoms with Crippen LogP contribution in [0.2, 0.25) is 5.02 Å². The molecule has 0 saturated heterocycles. The van der Waals surface area contributed by atoms with Gasteiger partial charge < -0.3 is 5.11 Å². The third-order valence-corrected chi connectivity index (χ3v) is 4.21. The van der Waals surface area contributed by atoms with Crippen molar-refractivity contribution in [2.45, 2.75) is 0 Å². The summed E-state index contributed by atoms with van der Waals surface area (Å²) in [5, 5.41) is 10.5. The number of phenols is 1. The zero-order chi connectivity index (χ0) is 17.4. The van der Waals surface area contributed by atoms with Crippen LogP contribution < -0.4 is 5.56 Å². The molecule has 1 heterocycles. The van der Waals surface area contributed by atoms with E-state index >= 15 is 0 Å². The van der Waals surface area contributed by atoms with Crippen molar-refractivity contribution >= 4 is 22.5 Å². The Morgan fingerprint density at radius 1 is 0.920 bits per heavy atom. The Hall–Kier alpha value is -3.11. The van der Waals surface area contributed by atoms with Crippen molar-refractivity contribution in [2.24, 2.45) is 0 Å². The number of nitrogens with zero attached hydrogens (tertiary/aromatic N) is 2. The molecule has 0 aliphatic rings. The first-order valence-electron chi connectivity index (χ1n) is 7.70. The smallest absolute Gasteiger partial charge is 0.266 e. The second kappa shape index (κ2) is 6.07. The third-order valence-electron chi connectivity index (χ3n) is 3.97. The van der Waals surface area contributed by atoms with Gasteiger partial charge in [0.15, 0.2) is 0 Å². The average molecular weight is 349 g/mol. The summed E-state index contributed by atoms with van der Waals surface area (Å²) in [6.45, 7) is 0. The average Bonchev–Trinajstić information content (AvgIpc) is 2.64. The highest BCUT2D eigenvalue weighted by atomic mass is 35.5. The van der Waals surface area contributed by atoms with Gasteiger partial charge in [-0.3, -0.25) is 9.36 Å². The highest BCUT2D eigenvalue weighted by Gasteiger charge is 2.14. The first-order valence-corrected chi connectivity index (χ1v) is 8.08. The molecule has 5 heteroatoms. The minimum Gasteiger partial charge on any atom is -0.508 e. The maximum Gasteiger partial charge on any atom is 0.266 e. The predicted octanol–water partition coefficient (Wildman–Crippen LogP) is 4.41. The highest BCUT2D eigenvalue weighted by Crippen LogP contribution is 2.24. The van der Waals surface area contributed by atoms with E-state index in [0.717, 1.165) is 5.56 Å². The predicted molar refractivity (Wildman–Crippen MR) is 99.5 cm³/mol. The molecule has 4 rings (SSSR count). The molecule has 0 amide bonds. The molecule has 4 nitrogen and oxygen atoms in total. The van der Waals surface area contributed by atoms with Crippen LogP contribution in [0.5, 0.6) is 5.75 Å². The highest BCUT2D eigenvalue weighted by molar-refractivity contribution is 6.31. The normalized spacial score (nSPS) is 10.9. The SMILES string of the molecule is O=c1c2cc(Cl)ccc2nc(-c2ccccc2)n1-c1ccc(O)cc1. The number of aromatic hydroxyl groups is 1. The molecule has 122 valence electrons.